The average Bonchev–Trinajstić information content (AvgIpc) is 2.67. The number of hydrogen-bond acceptors (Lipinski definition) is 3. The summed E-state index contributed by atoms with van der Waals surface area (Å²) < 4.78 is 2.15. The molecule has 0 aliphatic heterocycles. The molecule has 0 amide bonds. The molecule has 0 aliphatic carbocycles. The monoisotopic (exact) mass is 329 g/mol. The third-order valence-electron chi connectivity index (χ3n) is 2.38. The maximum atomic E-state index is 11.1. The van der Waals surface area contributed by atoms with Gasteiger partial charge >= 0.3 is 5.97 Å². The number of rotatable bonds is 3. The summed E-state index contributed by atoms with van der Waals surface area (Å²) in [6, 6.07) is 3.49. The number of aromatic nitrogens is 3. The Morgan fingerprint density at radius 1 is 1.56 bits per heavy atom. The number of aromatic carboxylic acids is 1. The van der Waals surface area contributed by atoms with Crippen molar-refractivity contribution in [2.24, 2.45) is 0 Å². The van der Waals surface area contributed by atoms with Crippen molar-refractivity contribution in [2.75, 3.05) is 0 Å². The van der Waals surface area contributed by atoms with E-state index < -0.39 is 5.97 Å². The van der Waals surface area contributed by atoms with E-state index in [0.717, 1.165) is 4.47 Å². The number of carboxylic acid groups (broad SMARTS) is 1. The molecule has 2 rings (SSSR count). The van der Waals surface area contributed by atoms with Crippen LogP contribution in [0.2, 0.25) is 5.15 Å². The van der Waals surface area contributed by atoms with Gasteiger partial charge in [0.15, 0.2) is 5.82 Å². The number of nitrogens with zero attached hydrogens (tertiary/aromatic N) is 3. The van der Waals surface area contributed by atoms with Crippen molar-refractivity contribution in [3.8, 4) is 5.82 Å². The molecule has 0 spiro atoms. The molecule has 0 fully saturated rings. The van der Waals surface area contributed by atoms with Gasteiger partial charge in [0.1, 0.15) is 10.7 Å². The molecule has 7 heteroatoms. The van der Waals surface area contributed by atoms with Crippen LogP contribution in [0.1, 0.15) is 23.0 Å². The first-order valence-electron chi connectivity index (χ1n) is 5.17. The van der Waals surface area contributed by atoms with E-state index in [2.05, 4.69) is 26.0 Å². The van der Waals surface area contributed by atoms with Crippen molar-refractivity contribution in [1.29, 1.82) is 0 Å². The maximum Gasteiger partial charge on any atom is 0.340 e. The molecule has 0 aromatic carbocycles. The van der Waals surface area contributed by atoms with Crippen molar-refractivity contribution >= 4 is 33.5 Å². The van der Waals surface area contributed by atoms with Gasteiger partial charge in [-0.15, -0.1) is 0 Å². The summed E-state index contributed by atoms with van der Waals surface area (Å²) in [5.74, 6) is -0.606. The summed E-state index contributed by atoms with van der Waals surface area (Å²) >= 11 is 9.32. The third kappa shape index (κ3) is 2.26. The Morgan fingerprint density at radius 2 is 2.28 bits per heavy atom. The minimum absolute atomic E-state index is 0.0314. The number of halogens is 2. The Balaban J connectivity index is 2.59. The number of aryl methyl sites for hydroxylation is 1. The lowest BCUT2D eigenvalue weighted by Gasteiger charge is -2.01. The van der Waals surface area contributed by atoms with Crippen molar-refractivity contribution in [2.45, 2.75) is 13.3 Å². The van der Waals surface area contributed by atoms with Crippen LogP contribution in [0.3, 0.4) is 0 Å². The van der Waals surface area contributed by atoms with Crippen LogP contribution in [-0.4, -0.2) is 25.8 Å². The molecule has 5 nitrogen and oxygen atoms in total. The zero-order valence-electron chi connectivity index (χ0n) is 9.39. The van der Waals surface area contributed by atoms with E-state index >= 15 is 0 Å². The molecule has 0 bridgehead atoms. The second kappa shape index (κ2) is 5.07. The highest BCUT2D eigenvalue weighted by molar-refractivity contribution is 9.10. The predicted octanol–water partition coefficient (Wildman–Crippen LogP) is 2.94. The van der Waals surface area contributed by atoms with Crippen molar-refractivity contribution in [1.82, 2.24) is 14.8 Å². The number of carboxylic acids is 1. The van der Waals surface area contributed by atoms with Crippen LogP contribution in [0.4, 0.5) is 0 Å². The minimum atomic E-state index is -1.08. The van der Waals surface area contributed by atoms with Gasteiger partial charge in [-0.3, -0.25) is 0 Å². The highest BCUT2D eigenvalue weighted by Crippen LogP contribution is 2.24. The first kappa shape index (κ1) is 13.0. The molecular weight excluding hydrogens is 321 g/mol. The van der Waals surface area contributed by atoms with Crippen LogP contribution >= 0.6 is 27.5 Å². The summed E-state index contributed by atoms with van der Waals surface area (Å²) in [5, 5.41) is 13.4. The van der Waals surface area contributed by atoms with E-state index in [0.29, 0.717) is 17.9 Å². The van der Waals surface area contributed by atoms with Crippen LogP contribution in [-0.2, 0) is 6.42 Å². The molecule has 0 radical (unpaired) electrons. The molecule has 94 valence electrons. The predicted molar refractivity (Wildman–Crippen MR) is 70.4 cm³/mol. The lowest BCUT2D eigenvalue weighted by molar-refractivity contribution is 0.0696. The van der Waals surface area contributed by atoms with E-state index in [4.69, 9.17) is 16.7 Å². The highest BCUT2D eigenvalue weighted by Gasteiger charge is 2.22. The molecule has 2 heterocycles. The van der Waals surface area contributed by atoms with Crippen molar-refractivity contribution < 1.29 is 9.90 Å². The van der Waals surface area contributed by atoms with Gasteiger partial charge in [-0.05, 0) is 34.5 Å². The molecule has 2 aromatic rings. The van der Waals surface area contributed by atoms with Crippen molar-refractivity contribution in [3.63, 3.8) is 0 Å². The van der Waals surface area contributed by atoms with E-state index in [1.165, 1.54) is 4.68 Å². The normalized spacial score (nSPS) is 10.6. The quantitative estimate of drug-likeness (QED) is 0.939. The second-order valence-electron chi connectivity index (χ2n) is 3.52. The zero-order chi connectivity index (χ0) is 13.3. The van der Waals surface area contributed by atoms with Gasteiger partial charge < -0.3 is 5.11 Å². The van der Waals surface area contributed by atoms with Gasteiger partial charge in [0.25, 0.3) is 0 Å². The largest absolute Gasteiger partial charge is 0.478 e. The second-order valence-corrected chi connectivity index (χ2v) is 4.79. The molecular formula is C11H9BrClN3O2. The Labute approximate surface area is 117 Å². The fraction of sp³-hybridized carbons (Fsp3) is 0.182. The van der Waals surface area contributed by atoms with Crippen LogP contribution in [0.25, 0.3) is 5.82 Å². The number of pyridine rings is 1. The molecule has 0 saturated heterocycles. The van der Waals surface area contributed by atoms with E-state index in [-0.39, 0.29) is 10.7 Å². The van der Waals surface area contributed by atoms with Crippen LogP contribution in [0, 0.1) is 0 Å². The van der Waals surface area contributed by atoms with E-state index in [9.17, 15) is 4.79 Å². The van der Waals surface area contributed by atoms with Crippen LogP contribution < -0.4 is 0 Å². The van der Waals surface area contributed by atoms with Gasteiger partial charge in [0.05, 0.1) is 5.69 Å². The lowest BCUT2D eigenvalue weighted by Crippen LogP contribution is -2.01. The fourth-order valence-electron chi connectivity index (χ4n) is 1.54. The molecule has 1 N–H and O–H groups in total. The Hall–Kier alpha value is -1.40. The molecule has 0 unspecified atom stereocenters. The minimum Gasteiger partial charge on any atom is -0.478 e. The topological polar surface area (TPSA) is 68.0 Å². The summed E-state index contributed by atoms with van der Waals surface area (Å²) in [7, 11) is 0. The lowest BCUT2D eigenvalue weighted by atomic mass is 10.2. The van der Waals surface area contributed by atoms with Crippen LogP contribution in [0.15, 0.2) is 22.8 Å². The van der Waals surface area contributed by atoms with Crippen molar-refractivity contribution in [3.05, 3.63) is 39.2 Å². The maximum absolute atomic E-state index is 11.1. The third-order valence-corrected chi connectivity index (χ3v) is 3.20. The molecule has 0 saturated carbocycles. The zero-order valence-corrected chi connectivity index (χ0v) is 11.7. The summed E-state index contributed by atoms with van der Waals surface area (Å²) in [5.41, 5.74) is 0.473. The molecule has 18 heavy (non-hydrogen) atoms. The Bertz CT molecular complexity index is 595. The Kier molecular flexibility index (Phi) is 3.68. The highest BCUT2D eigenvalue weighted by atomic mass is 79.9. The van der Waals surface area contributed by atoms with Gasteiger partial charge in [-0.2, -0.15) is 5.10 Å². The van der Waals surface area contributed by atoms with Gasteiger partial charge in [0, 0.05) is 10.7 Å². The van der Waals surface area contributed by atoms with Gasteiger partial charge in [-0.1, -0.05) is 18.5 Å². The standard InChI is InChI=1S/C11H9BrClN3O2/c1-2-7-9(11(17)18)10(13)16(15-7)8-4-3-6(12)5-14-8/h3-5H,2H2,1H3,(H,17,18). The first-order chi connectivity index (χ1) is 8.54. The van der Waals surface area contributed by atoms with E-state index in [1.54, 1.807) is 18.3 Å². The fourth-order valence-corrected chi connectivity index (χ4v) is 2.09. The smallest absolute Gasteiger partial charge is 0.340 e. The first-order valence-corrected chi connectivity index (χ1v) is 6.34. The molecule has 0 aliphatic rings. The number of carbonyl (C=O) groups is 1. The van der Waals surface area contributed by atoms with Crippen LogP contribution in [0.5, 0.6) is 0 Å². The summed E-state index contributed by atoms with van der Waals surface area (Å²) in [6.45, 7) is 1.82. The number of hydrogen-bond donors (Lipinski definition) is 1. The van der Waals surface area contributed by atoms with Gasteiger partial charge in [0.2, 0.25) is 0 Å². The molecule has 0 atom stereocenters. The summed E-state index contributed by atoms with van der Waals surface area (Å²) in [6.07, 6.45) is 2.09. The molecule has 2 aromatic heterocycles. The SMILES string of the molecule is CCc1nn(-c2ccc(Br)cn2)c(Cl)c1C(=O)O. The van der Waals surface area contributed by atoms with Gasteiger partial charge in [-0.25, -0.2) is 14.5 Å². The Morgan fingerprint density at radius 3 is 2.72 bits per heavy atom. The van der Waals surface area contributed by atoms with E-state index in [1.807, 2.05) is 6.92 Å². The average molecular weight is 331 g/mol. The summed E-state index contributed by atoms with van der Waals surface area (Å²) in [4.78, 5) is 15.3.